The minimum absolute atomic E-state index is 0.108. The molecule has 160 valence electrons. The van der Waals surface area contributed by atoms with Crippen LogP contribution in [0.25, 0.3) is 0 Å². The van der Waals surface area contributed by atoms with E-state index in [9.17, 15) is 14.4 Å². The molecule has 0 aliphatic carbocycles. The van der Waals surface area contributed by atoms with Crippen LogP contribution >= 0.6 is 11.6 Å². The summed E-state index contributed by atoms with van der Waals surface area (Å²) in [4.78, 5) is 35.6. The number of hydrogen-bond acceptors (Lipinski definition) is 4. The van der Waals surface area contributed by atoms with Crippen LogP contribution in [0.5, 0.6) is 0 Å². The molecule has 0 aromatic heterocycles. The van der Waals surface area contributed by atoms with Gasteiger partial charge < -0.3 is 20.7 Å². The molecular formula is C22H26ClN3O4. The van der Waals surface area contributed by atoms with Gasteiger partial charge in [0, 0.05) is 22.8 Å². The summed E-state index contributed by atoms with van der Waals surface area (Å²) in [6, 6.07) is 14.1. The molecule has 0 unspecified atom stereocenters. The zero-order chi connectivity index (χ0) is 22.1. The average Bonchev–Trinajstić information content (AvgIpc) is 2.66. The highest BCUT2D eigenvalue weighted by Crippen LogP contribution is 2.15. The van der Waals surface area contributed by atoms with Crippen LogP contribution in [0.2, 0.25) is 5.02 Å². The minimum atomic E-state index is -0.658. The van der Waals surface area contributed by atoms with E-state index in [4.69, 9.17) is 16.3 Å². The fourth-order valence-corrected chi connectivity index (χ4v) is 2.57. The van der Waals surface area contributed by atoms with E-state index in [0.29, 0.717) is 29.2 Å². The van der Waals surface area contributed by atoms with Crippen LogP contribution in [0.1, 0.15) is 32.8 Å². The number of carbonyl (C=O) groups is 3. The van der Waals surface area contributed by atoms with Crippen molar-refractivity contribution in [2.24, 2.45) is 0 Å². The Morgan fingerprint density at radius 2 is 1.40 bits per heavy atom. The molecule has 2 aromatic carbocycles. The Balaban J connectivity index is 1.74. The molecule has 0 aliphatic heterocycles. The third kappa shape index (κ3) is 8.96. The first-order valence-electron chi connectivity index (χ1n) is 9.52. The fourth-order valence-electron chi connectivity index (χ4n) is 2.44. The molecule has 2 aromatic rings. The van der Waals surface area contributed by atoms with Gasteiger partial charge >= 0.3 is 6.09 Å². The van der Waals surface area contributed by atoms with Gasteiger partial charge in [-0.25, -0.2) is 4.79 Å². The second-order valence-corrected chi connectivity index (χ2v) is 8.09. The van der Waals surface area contributed by atoms with Crippen LogP contribution in [0, 0.1) is 0 Å². The topological polar surface area (TPSA) is 96.5 Å². The first kappa shape index (κ1) is 23.2. The maximum Gasteiger partial charge on any atom is 0.408 e. The van der Waals surface area contributed by atoms with Crippen LogP contribution < -0.4 is 16.0 Å². The number of carbonyl (C=O) groups excluding carboxylic acids is 3. The minimum Gasteiger partial charge on any atom is -0.444 e. The van der Waals surface area contributed by atoms with E-state index < -0.39 is 11.7 Å². The van der Waals surface area contributed by atoms with Crippen LogP contribution in [0.4, 0.5) is 16.2 Å². The molecule has 8 heteroatoms. The monoisotopic (exact) mass is 431 g/mol. The van der Waals surface area contributed by atoms with E-state index in [2.05, 4.69) is 16.0 Å². The quantitative estimate of drug-likeness (QED) is 0.606. The Morgan fingerprint density at radius 3 is 1.93 bits per heavy atom. The molecule has 30 heavy (non-hydrogen) atoms. The van der Waals surface area contributed by atoms with Crippen molar-refractivity contribution >= 4 is 40.9 Å². The van der Waals surface area contributed by atoms with Gasteiger partial charge in [0.15, 0.2) is 0 Å². The molecule has 0 spiro atoms. The first-order valence-corrected chi connectivity index (χ1v) is 9.89. The smallest absolute Gasteiger partial charge is 0.408 e. The summed E-state index contributed by atoms with van der Waals surface area (Å²) in [6.07, 6.45) is 0.299. The highest BCUT2D eigenvalue weighted by molar-refractivity contribution is 6.30. The van der Waals surface area contributed by atoms with Crippen molar-refractivity contribution < 1.29 is 19.1 Å². The number of ether oxygens (including phenoxy) is 1. The summed E-state index contributed by atoms with van der Waals surface area (Å²) in [5, 5.41) is 8.53. The lowest BCUT2D eigenvalue weighted by molar-refractivity contribution is -0.116. The molecule has 7 nitrogen and oxygen atoms in total. The third-order valence-electron chi connectivity index (χ3n) is 3.80. The number of nitrogens with one attached hydrogen (secondary N) is 3. The molecule has 0 bridgehead atoms. The van der Waals surface area contributed by atoms with Gasteiger partial charge in [-0.15, -0.1) is 0 Å². The summed E-state index contributed by atoms with van der Waals surface area (Å²) in [6.45, 7) is 5.01. The standard InChI is InChI=1S/C22H26ClN3O4/c1-22(2,3)30-21(29)24-14-20(28)26-18-11-9-17(10-12-18)25-19(27)13-6-15-4-7-16(23)8-5-15/h4-5,7-12H,6,13-14H2,1-3H3,(H,24,29)(H,25,27)(H,26,28). The molecule has 0 radical (unpaired) electrons. The van der Waals surface area contributed by atoms with Crippen molar-refractivity contribution in [1.29, 1.82) is 0 Å². The van der Waals surface area contributed by atoms with Crippen molar-refractivity contribution in [2.45, 2.75) is 39.2 Å². The molecule has 3 amide bonds. The van der Waals surface area contributed by atoms with Crippen molar-refractivity contribution in [3.63, 3.8) is 0 Å². The Labute approximate surface area is 181 Å². The normalized spacial score (nSPS) is 10.8. The van der Waals surface area contributed by atoms with Crippen LogP contribution in [-0.2, 0) is 20.7 Å². The summed E-state index contributed by atoms with van der Waals surface area (Å²) in [5.41, 5.74) is 1.58. The lowest BCUT2D eigenvalue weighted by Gasteiger charge is -2.19. The number of benzene rings is 2. The lowest BCUT2D eigenvalue weighted by Crippen LogP contribution is -2.37. The second kappa shape index (κ2) is 10.6. The van der Waals surface area contributed by atoms with Crippen LogP contribution in [0.3, 0.4) is 0 Å². The zero-order valence-corrected chi connectivity index (χ0v) is 18.0. The molecular weight excluding hydrogens is 406 g/mol. The maximum absolute atomic E-state index is 12.1. The molecule has 0 aliphatic rings. The summed E-state index contributed by atoms with van der Waals surface area (Å²) in [7, 11) is 0. The lowest BCUT2D eigenvalue weighted by atomic mass is 10.1. The van der Waals surface area contributed by atoms with Crippen molar-refractivity contribution in [1.82, 2.24) is 5.32 Å². The Hall–Kier alpha value is -3.06. The van der Waals surface area contributed by atoms with Gasteiger partial charge in [-0.3, -0.25) is 9.59 Å². The number of rotatable bonds is 7. The molecule has 0 atom stereocenters. The predicted octanol–water partition coefficient (Wildman–Crippen LogP) is 4.37. The van der Waals surface area contributed by atoms with Gasteiger partial charge in [-0.2, -0.15) is 0 Å². The van der Waals surface area contributed by atoms with Gasteiger partial charge in [-0.05, 0) is 69.2 Å². The van der Waals surface area contributed by atoms with E-state index in [1.165, 1.54) is 0 Å². The second-order valence-electron chi connectivity index (χ2n) is 7.66. The van der Waals surface area contributed by atoms with Gasteiger partial charge in [0.25, 0.3) is 0 Å². The summed E-state index contributed by atoms with van der Waals surface area (Å²) >= 11 is 5.85. The highest BCUT2D eigenvalue weighted by atomic mass is 35.5. The number of alkyl carbamates (subject to hydrolysis) is 1. The number of hydrogen-bond donors (Lipinski definition) is 3. The number of anilines is 2. The van der Waals surface area contributed by atoms with Crippen LogP contribution in [-0.4, -0.2) is 30.1 Å². The summed E-state index contributed by atoms with van der Waals surface area (Å²) < 4.78 is 5.07. The predicted molar refractivity (Wildman–Crippen MR) is 118 cm³/mol. The third-order valence-corrected chi connectivity index (χ3v) is 4.05. The number of aryl methyl sites for hydroxylation is 1. The van der Waals surface area contributed by atoms with E-state index in [1.807, 2.05) is 12.1 Å². The molecule has 2 rings (SSSR count). The van der Waals surface area contributed by atoms with Gasteiger partial charge in [0.05, 0.1) is 0 Å². The number of halogens is 1. The Kier molecular flexibility index (Phi) is 8.24. The molecule has 0 saturated heterocycles. The molecule has 0 heterocycles. The Bertz CT molecular complexity index is 875. The van der Waals surface area contributed by atoms with Gasteiger partial charge in [0.1, 0.15) is 12.1 Å². The SMILES string of the molecule is CC(C)(C)OC(=O)NCC(=O)Nc1ccc(NC(=O)CCc2ccc(Cl)cc2)cc1. The average molecular weight is 432 g/mol. The maximum atomic E-state index is 12.1. The van der Waals surface area contributed by atoms with E-state index >= 15 is 0 Å². The molecule has 0 fully saturated rings. The molecule has 3 N–H and O–H groups in total. The van der Waals surface area contributed by atoms with E-state index in [1.54, 1.807) is 57.2 Å². The molecule has 0 saturated carbocycles. The van der Waals surface area contributed by atoms with E-state index in [-0.39, 0.29) is 18.4 Å². The fraction of sp³-hybridized carbons (Fsp3) is 0.318. The van der Waals surface area contributed by atoms with Crippen molar-refractivity contribution in [2.75, 3.05) is 17.2 Å². The first-order chi connectivity index (χ1) is 14.1. The Morgan fingerprint density at radius 1 is 0.867 bits per heavy atom. The van der Waals surface area contributed by atoms with Gasteiger partial charge in [-0.1, -0.05) is 23.7 Å². The highest BCUT2D eigenvalue weighted by Gasteiger charge is 2.16. The number of amides is 3. The summed E-state index contributed by atoms with van der Waals surface area (Å²) in [5.74, 6) is -0.496. The van der Waals surface area contributed by atoms with Crippen molar-refractivity contribution in [3.8, 4) is 0 Å². The zero-order valence-electron chi connectivity index (χ0n) is 17.3. The van der Waals surface area contributed by atoms with Crippen molar-refractivity contribution in [3.05, 3.63) is 59.1 Å². The van der Waals surface area contributed by atoms with E-state index in [0.717, 1.165) is 5.56 Å². The van der Waals surface area contributed by atoms with Gasteiger partial charge in [0.2, 0.25) is 11.8 Å². The van der Waals surface area contributed by atoms with Crippen LogP contribution in [0.15, 0.2) is 48.5 Å². The largest absolute Gasteiger partial charge is 0.444 e.